The van der Waals surface area contributed by atoms with Gasteiger partial charge >= 0.3 is 12.0 Å². The topological polar surface area (TPSA) is 91.3 Å². The molecule has 1 fully saturated rings. The fraction of sp³-hybridized carbons (Fsp3) is 0.444. The van der Waals surface area contributed by atoms with E-state index in [2.05, 4.69) is 15.6 Å². The zero-order valence-electron chi connectivity index (χ0n) is 8.40. The lowest BCUT2D eigenvalue weighted by atomic mass is 10.3. The lowest BCUT2D eigenvalue weighted by Crippen LogP contribution is -2.33. The summed E-state index contributed by atoms with van der Waals surface area (Å²) in [5, 5.41) is 15.5. The van der Waals surface area contributed by atoms with Gasteiger partial charge in [-0.1, -0.05) is 0 Å². The standard InChI is InChI=1S/C9H11N3O3S/c13-7(14)3-10-8(15)12-9-11-6(4-16-9)5-1-2-5/h4-5H,1-3H2,(H,13,14)(H2,10,11,12,15). The van der Waals surface area contributed by atoms with Gasteiger partial charge in [-0.3, -0.25) is 10.1 Å². The average molecular weight is 241 g/mol. The van der Waals surface area contributed by atoms with Gasteiger partial charge in [0.2, 0.25) is 0 Å². The smallest absolute Gasteiger partial charge is 0.323 e. The minimum Gasteiger partial charge on any atom is -0.480 e. The van der Waals surface area contributed by atoms with Crippen LogP contribution in [-0.2, 0) is 4.79 Å². The minimum absolute atomic E-state index is 0.396. The number of urea groups is 1. The number of anilines is 1. The van der Waals surface area contributed by atoms with Crippen molar-refractivity contribution < 1.29 is 14.7 Å². The molecule has 0 bridgehead atoms. The Morgan fingerprint density at radius 2 is 2.31 bits per heavy atom. The second-order valence-electron chi connectivity index (χ2n) is 3.55. The molecule has 6 nitrogen and oxygen atoms in total. The van der Waals surface area contributed by atoms with E-state index in [0.29, 0.717) is 11.0 Å². The summed E-state index contributed by atoms with van der Waals surface area (Å²) in [5.74, 6) is -0.526. The second-order valence-corrected chi connectivity index (χ2v) is 4.41. The molecule has 86 valence electrons. The summed E-state index contributed by atoms with van der Waals surface area (Å²) in [6.45, 7) is -0.396. The van der Waals surface area contributed by atoms with Crippen LogP contribution in [0.1, 0.15) is 24.5 Å². The number of amides is 2. The summed E-state index contributed by atoms with van der Waals surface area (Å²) in [6, 6.07) is -0.543. The lowest BCUT2D eigenvalue weighted by molar-refractivity contribution is -0.135. The van der Waals surface area contributed by atoms with Crippen LogP contribution in [0.15, 0.2) is 5.38 Å². The summed E-state index contributed by atoms with van der Waals surface area (Å²) in [5.41, 5.74) is 1.01. The maximum atomic E-state index is 11.2. The first-order valence-corrected chi connectivity index (χ1v) is 5.75. The van der Waals surface area contributed by atoms with Gasteiger partial charge < -0.3 is 10.4 Å². The molecule has 0 spiro atoms. The van der Waals surface area contributed by atoms with Crippen LogP contribution in [0, 0.1) is 0 Å². The summed E-state index contributed by atoms with van der Waals surface area (Å²) >= 11 is 1.35. The minimum atomic E-state index is -1.08. The van der Waals surface area contributed by atoms with Crippen molar-refractivity contribution in [3.8, 4) is 0 Å². The largest absolute Gasteiger partial charge is 0.480 e. The Kier molecular flexibility index (Phi) is 3.04. The van der Waals surface area contributed by atoms with E-state index >= 15 is 0 Å². The highest BCUT2D eigenvalue weighted by Gasteiger charge is 2.26. The van der Waals surface area contributed by atoms with Crippen LogP contribution in [0.4, 0.5) is 9.93 Å². The Morgan fingerprint density at radius 1 is 1.56 bits per heavy atom. The molecule has 2 rings (SSSR count). The van der Waals surface area contributed by atoms with Gasteiger partial charge in [-0.05, 0) is 12.8 Å². The predicted molar refractivity (Wildman–Crippen MR) is 58.7 cm³/mol. The van der Waals surface area contributed by atoms with Gasteiger partial charge in [-0.2, -0.15) is 0 Å². The highest BCUT2D eigenvalue weighted by molar-refractivity contribution is 7.13. The number of hydrogen-bond donors (Lipinski definition) is 3. The van der Waals surface area contributed by atoms with Gasteiger partial charge in [-0.25, -0.2) is 9.78 Å². The third-order valence-corrected chi connectivity index (χ3v) is 2.91. The number of aliphatic carboxylic acids is 1. The molecule has 0 atom stereocenters. The Labute approximate surface area is 95.7 Å². The first kappa shape index (κ1) is 10.9. The van der Waals surface area contributed by atoms with Crippen LogP contribution in [0.5, 0.6) is 0 Å². The molecule has 0 unspecified atom stereocenters. The zero-order valence-corrected chi connectivity index (χ0v) is 9.21. The van der Waals surface area contributed by atoms with E-state index in [0.717, 1.165) is 18.5 Å². The van der Waals surface area contributed by atoms with Gasteiger partial charge in [0, 0.05) is 11.3 Å². The van der Waals surface area contributed by atoms with Crippen LogP contribution >= 0.6 is 11.3 Å². The van der Waals surface area contributed by atoms with Crippen molar-refractivity contribution in [1.29, 1.82) is 0 Å². The van der Waals surface area contributed by atoms with Crippen molar-refractivity contribution in [3.63, 3.8) is 0 Å². The van der Waals surface area contributed by atoms with E-state index < -0.39 is 18.5 Å². The Balaban J connectivity index is 1.83. The van der Waals surface area contributed by atoms with E-state index in [1.807, 2.05) is 5.38 Å². The molecule has 16 heavy (non-hydrogen) atoms. The number of hydrogen-bond acceptors (Lipinski definition) is 4. The van der Waals surface area contributed by atoms with Crippen molar-refractivity contribution in [2.45, 2.75) is 18.8 Å². The van der Waals surface area contributed by atoms with Crippen molar-refractivity contribution in [3.05, 3.63) is 11.1 Å². The second kappa shape index (κ2) is 4.48. The fourth-order valence-electron chi connectivity index (χ4n) is 1.21. The van der Waals surface area contributed by atoms with Crippen molar-refractivity contribution in [2.75, 3.05) is 11.9 Å². The number of carbonyl (C=O) groups excluding carboxylic acids is 1. The van der Waals surface area contributed by atoms with E-state index in [-0.39, 0.29) is 0 Å². The normalized spacial score (nSPS) is 14.5. The number of thiazole rings is 1. The molecule has 3 N–H and O–H groups in total. The summed E-state index contributed by atoms with van der Waals surface area (Å²) < 4.78 is 0. The Bertz CT molecular complexity index is 414. The molecule has 1 aliphatic rings. The molecule has 1 heterocycles. The van der Waals surface area contributed by atoms with Crippen molar-refractivity contribution in [2.24, 2.45) is 0 Å². The average Bonchev–Trinajstić information content (AvgIpc) is 2.98. The molecule has 0 radical (unpaired) electrons. The monoisotopic (exact) mass is 241 g/mol. The molecule has 1 aliphatic carbocycles. The Hall–Kier alpha value is -1.63. The molecule has 0 saturated heterocycles. The maximum absolute atomic E-state index is 11.2. The van der Waals surface area contributed by atoms with Gasteiger partial charge in [-0.15, -0.1) is 11.3 Å². The molecule has 1 aromatic rings. The molecular formula is C9H11N3O3S. The third-order valence-electron chi connectivity index (χ3n) is 2.14. The van der Waals surface area contributed by atoms with E-state index in [1.165, 1.54) is 11.3 Å². The Morgan fingerprint density at radius 3 is 2.94 bits per heavy atom. The predicted octanol–water partition coefficient (Wildman–Crippen LogP) is 1.23. The lowest BCUT2D eigenvalue weighted by Gasteiger charge is -2.01. The first-order valence-electron chi connectivity index (χ1n) is 4.87. The summed E-state index contributed by atoms with van der Waals surface area (Å²) in [6.07, 6.45) is 2.32. The SMILES string of the molecule is O=C(O)CNC(=O)Nc1nc(C2CC2)cs1. The molecule has 0 aromatic carbocycles. The molecule has 0 aliphatic heterocycles. The number of aromatic nitrogens is 1. The highest BCUT2D eigenvalue weighted by Crippen LogP contribution is 2.40. The van der Waals surface area contributed by atoms with Crippen LogP contribution in [-0.4, -0.2) is 28.6 Å². The zero-order chi connectivity index (χ0) is 11.5. The number of carbonyl (C=O) groups is 2. The molecule has 7 heteroatoms. The van der Waals surface area contributed by atoms with E-state index in [9.17, 15) is 9.59 Å². The highest BCUT2D eigenvalue weighted by atomic mass is 32.1. The summed E-state index contributed by atoms with van der Waals surface area (Å²) in [7, 11) is 0. The van der Waals surface area contributed by atoms with Crippen molar-refractivity contribution in [1.82, 2.24) is 10.3 Å². The fourth-order valence-corrected chi connectivity index (χ4v) is 1.99. The van der Waals surface area contributed by atoms with Gasteiger partial charge in [0.25, 0.3) is 0 Å². The molecule has 1 saturated carbocycles. The number of nitrogens with one attached hydrogen (secondary N) is 2. The third kappa shape index (κ3) is 2.93. The first-order chi connectivity index (χ1) is 7.65. The number of nitrogens with zero attached hydrogens (tertiary/aromatic N) is 1. The van der Waals surface area contributed by atoms with E-state index in [4.69, 9.17) is 5.11 Å². The maximum Gasteiger partial charge on any atom is 0.323 e. The molecule has 2 amide bonds. The van der Waals surface area contributed by atoms with Crippen LogP contribution < -0.4 is 10.6 Å². The van der Waals surface area contributed by atoms with Gasteiger partial charge in [0.1, 0.15) is 6.54 Å². The quantitative estimate of drug-likeness (QED) is 0.739. The number of rotatable bonds is 4. The molecule has 1 aromatic heterocycles. The van der Waals surface area contributed by atoms with E-state index in [1.54, 1.807) is 0 Å². The number of carboxylic acid groups (broad SMARTS) is 1. The van der Waals surface area contributed by atoms with Crippen LogP contribution in [0.25, 0.3) is 0 Å². The van der Waals surface area contributed by atoms with Crippen LogP contribution in [0.3, 0.4) is 0 Å². The number of carboxylic acids is 1. The van der Waals surface area contributed by atoms with Gasteiger partial charge in [0.05, 0.1) is 5.69 Å². The van der Waals surface area contributed by atoms with Crippen LogP contribution in [0.2, 0.25) is 0 Å². The van der Waals surface area contributed by atoms with Crippen molar-refractivity contribution >= 4 is 28.5 Å². The van der Waals surface area contributed by atoms with Gasteiger partial charge in [0.15, 0.2) is 5.13 Å². The summed E-state index contributed by atoms with van der Waals surface area (Å²) in [4.78, 5) is 25.6. The molecular weight excluding hydrogens is 230 g/mol.